The molecule has 0 atom stereocenters. The van der Waals surface area contributed by atoms with E-state index in [1.165, 1.54) is 0 Å². The predicted octanol–water partition coefficient (Wildman–Crippen LogP) is 3.58. The van der Waals surface area contributed by atoms with Crippen molar-refractivity contribution >= 4 is 39.3 Å². The number of pyridine rings is 1. The van der Waals surface area contributed by atoms with E-state index < -0.39 is 5.24 Å². The minimum atomic E-state index is -0.479. The summed E-state index contributed by atoms with van der Waals surface area (Å²) in [4.78, 5) is 15.5. The first-order valence-corrected chi connectivity index (χ1v) is 5.10. The van der Waals surface area contributed by atoms with Crippen molar-refractivity contribution in [1.82, 2.24) is 4.98 Å². The van der Waals surface area contributed by atoms with Gasteiger partial charge in [-0.25, -0.2) is 0 Å². The quantitative estimate of drug-likeness (QED) is 0.713. The summed E-state index contributed by atoms with van der Waals surface area (Å²) in [6, 6.07) is 6.85. The smallest absolute Gasteiger partial charge is 0.253 e. The maximum absolute atomic E-state index is 11.2. The molecule has 0 fully saturated rings. The van der Waals surface area contributed by atoms with E-state index in [0.717, 1.165) is 11.1 Å². The molecule has 0 bridgehead atoms. The van der Waals surface area contributed by atoms with Crippen molar-refractivity contribution in [2.75, 3.05) is 0 Å². The predicted molar refractivity (Wildman–Crippen MR) is 61.7 cm³/mol. The maximum atomic E-state index is 11.2. The van der Waals surface area contributed by atoms with Gasteiger partial charge in [-0.05, 0) is 36.7 Å². The monoisotopic (exact) mass is 239 g/mol. The third kappa shape index (κ3) is 1.96. The van der Waals surface area contributed by atoms with Crippen LogP contribution >= 0.6 is 23.2 Å². The molecule has 1 aromatic carbocycles. The first-order chi connectivity index (χ1) is 7.08. The fraction of sp³-hybridized carbons (Fsp3) is 0.0909. The second kappa shape index (κ2) is 3.80. The number of carbonyl (C=O) groups excluding carboxylic acids is 1. The van der Waals surface area contributed by atoms with Gasteiger partial charge in [-0.15, -0.1) is 0 Å². The van der Waals surface area contributed by atoms with Gasteiger partial charge in [-0.2, -0.15) is 0 Å². The average Bonchev–Trinajstić information content (AvgIpc) is 2.15. The summed E-state index contributed by atoms with van der Waals surface area (Å²) in [6.45, 7) is 1.81. The largest absolute Gasteiger partial charge is 0.276 e. The second-order valence-corrected chi connectivity index (χ2v) is 4.03. The number of aromatic nitrogens is 1. The molecule has 1 heterocycles. The van der Waals surface area contributed by atoms with Gasteiger partial charge in [0.15, 0.2) is 0 Å². The molecule has 0 unspecified atom stereocenters. The highest BCUT2D eigenvalue weighted by atomic mass is 35.5. The molecule has 0 saturated carbocycles. The Morgan fingerprint density at radius 2 is 2.07 bits per heavy atom. The molecule has 0 spiro atoms. The van der Waals surface area contributed by atoms with E-state index in [0.29, 0.717) is 16.1 Å². The van der Waals surface area contributed by atoms with Gasteiger partial charge in [0, 0.05) is 21.7 Å². The first-order valence-electron chi connectivity index (χ1n) is 4.34. The summed E-state index contributed by atoms with van der Waals surface area (Å²) in [5, 5.41) is 0.839. The number of halogens is 2. The lowest BCUT2D eigenvalue weighted by atomic mass is 10.1. The minimum Gasteiger partial charge on any atom is -0.276 e. The molecule has 0 aliphatic rings. The summed E-state index contributed by atoms with van der Waals surface area (Å²) in [5.74, 6) is 0. The third-order valence-corrected chi connectivity index (χ3v) is 2.55. The van der Waals surface area contributed by atoms with E-state index in [4.69, 9.17) is 23.2 Å². The Morgan fingerprint density at radius 1 is 1.33 bits per heavy atom. The Labute approximate surface area is 96.8 Å². The van der Waals surface area contributed by atoms with Gasteiger partial charge in [0.1, 0.15) is 0 Å². The zero-order valence-electron chi connectivity index (χ0n) is 7.92. The van der Waals surface area contributed by atoms with Crippen molar-refractivity contribution < 1.29 is 4.79 Å². The molecular weight excluding hydrogens is 233 g/mol. The van der Waals surface area contributed by atoms with Crippen LogP contribution in [-0.2, 0) is 0 Å². The van der Waals surface area contributed by atoms with Crippen molar-refractivity contribution in [1.29, 1.82) is 0 Å². The first kappa shape index (κ1) is 10.4. The molecule has 0 amide bonds. The standard InChI is InChI=1S/C11H7Cl2NO/c1-6-4-9(11(13)15)8-3-2-7(12)5-10(8)14-6/h2-5H,1H3. The van der Waals surface area contributed by atoms with Crippen molar-refractivity contribution in [3.05, 3.63) is 40.5 Å². The van der Waals surface area contributed by atoms with E-state index in [2.05, 4.69) is 4.98 Å². The number of hydrogen-bond donors (Lipinski definition) is 0. The number of fused-ring (bicyclic) bond motifs is 1. The summed E-state index contributed by atoms with van der Waals surface area (Å²) < 4.78 is 0. The Morgan fingerprint density at radius 3 is 2.73 bits per heavy atom. The number of rotatable bonds is 1. The molecule has 15 heavy (non-hydrogen) atoms. The zero-order valence-corrected chi connectivity index (χ0v) is 9.43. The van der Waals surface area contributed by atoms with Gasteiger partial charge in [-0.1, -0.05) is 17.7 Å². The number of benzene rings is 1. The Hall–Kier alpha value is -1.12. The molecular formula is C11H7Cl2NO. The highest BCUT2D eigenvalue weighted by molar-refractivity contribution is 6.68. The van der Waals surface area contributed by atoms with Crippen LogP contribution in [0.3, 0.4) is 0 Å². The van der Waals surface area contributed by atoms with Crippen LogP contribution < -0.4 is 0 Å². The van der Waals surface area contributed by atoms with E-state index in [9.17, 15) is 4.79 Å². The lowest BCUT2D eigenvalue weighted by Gasteiger charge is -2.04. The fourth-order valence-electron chi connectivity index (χ4n) is 1.50. The molecule has 2 rings (SSSR count). The Balaban J connectivity index is 2.86. The van der Waals surface area contributed by atoms with Crippen molar-refractivity contribution in [2.45, 2.75) is 6.92 Å². The van der Waals surface area contributed by atoms with E-state index in [1.807, 2.05) is 6.92 Å². The maximum Gasteiger partial charge on any atom is 0.253 e. The van der Waals surface area contributed by atoms with Gasteiger partial charge in [0.05, 0.1) is 5.52 Å². The molecule has 0 radical (unpaired) electrons. The summed E-state index contributed by atoms with van der Waals surface area (Å²) in [6.07, 6.45) is 0. The number of hydrogen-bond acceptors (Lipinski definition) is 2. The lowest BCUT2D eigenvalue weighted by molar-refractivity contribution is 0.108. The zero-order chi connectivity index (χ0) is 11.0. The highest BCUT2D eigenvalue weighted by Gasteiger charge is 2.09. The fourth-order valence-corrected chi connectivity index (χ4v) is 1.82. The molecule has 0 saturated heterocycles. The molecule has 2 aromatic rings. The molecule has 1 aromatic heterocycles. The van der Waals surface area contributed by atoms with Gasteiger partial charge in [-0.3, -0.25) is 9.78 Å². The number of carbonyl (C=O) groups is 1. The molecule has 0 N–H and O–H groups in total. The van der Waals surface area contributed by atoms with Crippen LogP contribution in [-0.4, -0.2) is 10.2 Å². The second-order valence-electron chi connectivity index (χ2n) is 3.25. The van der Waals surface area contributed by atoms with Crippen molar-refractivity contribution in [3.63, 3.8) is 0 Å². The van der Waals surface area contributed by atoms with Crippen LogP contribution in [0.5, 0.6) is 0 Å². The SMILES string of the molecule is Cc1cc(C(=O)Cl)c2ccc(Cl)cc2n1. The number of nitrogens with zero attached hydrogens (tertiary/aromatic N) is 1. The normalized spacial score (nSPS) is 10.6. The Bertz CT molecular complexity index is 546. The van der Waals surface area contributed by atoms with Crippen LogP contribution in [0.25, 0.3) is 10.9 Å². The van der Waals surface area contributed by atoms with Crippen LogP contribution in [0.4, 0.5) is 0 Å². The van der Waals surface area contributed by atoms with Gasteiger partial charge >= 0.3 is 0 Å². The minimum absolute atomic E-state index is 0.468. The van der Waals surface area contributed by atoms with Crippen molar-refractivity contribution in [3.8, 4) is 0 Å². The highest BCUT2D eigenvalue weighted by Crippen LogP contribution is 2.23. The molecule has 0 aliphatic heterocycles. The molecule has 4 heteroatoms. The topological polar surface area (TPSA) is 30.0 Å². The third-order valence-electron chi connectivity index (χ3n) is 2.11. The molecule has 0 aliphatic carbocycles. The average molecular weight is 240 g/mol. The lowest BCUT2D eigenvalue weighted by Crippen LogP contribution is -1.95. The van der Waals surface area contributed by atoms with E-state index >= 15 is 0 Å². The summed E-state index contributed by atoms with van der Waals surface area (Å²) >= 11 is 11.3. The number of aryl methyl sites for hydroxylation is 1. The van der Waals surface area contributed by atoms with E-state index in [1.54, 1.807) is 24.3 Å². The summed E-state index contributed by atoms with van der Waals surface area (Å²) in [5.41, 5.74) is 1.90. The Kier molecular flexibility index (Phi) is 2.63. The molecule has 2 nitrogen and oxygen atoms in total. The van der Waals surface area contributed by atoms with Crippen LogP contribution in [0, 0.1) is 6.92 Å². The van der Waals surface area contributed by atoms with Gasteiger partial charge < -0.3 is 0 Å². The van der Waals surface area contributed by atoms with Crippen LogP contribution in [0.15, 0.2) is 24.3 Å². The van der Waals surface area contributed by atoms with Gasteiger partial charge in [0.25, 0.3) is 5.24 Å². The van der Waals surface area contributed by atoms with Crippen LogP contribution in [0.2, 0.25) is 5.02 Å². The van der Waals surface area contributed by atoms with Crippen LogP contribution in [0.1, 0.15) is 16.1 Å². The van der Waals surface area contributed by atoms with E-state index in [-0.39, 0.29) is 0 Å². The van der Waals surface area contributed by atoms with Crippen molar-refractivity contribution in [2.24, 2.45) is 0 Å². The summed E-state index contributed by atoms with van der Waals surface area (Å²) in [7, 11) is 0. The molecule has 76 valence electrons. The van der Waals surface area contributed by atoms with Gasteiger partial charge in [0.2, 0.25) is 0 Å².